The summed E-state index contributed by atoms with van der Waals surface area (Å²) in [6.07, 6.45) is 6.50. The molecular weight excluding hydrogens is 552 g/mol. The van der Waals surface area contributed by atoms with E-state index < -0.39 is 18.0 Å². The van der Waals surface area contributed by atoms with Crippen LogP contribution in [0.15, 0.2) is 36.8 Å². The van der Waals surface area contributed by atoms with Crippen LogP contribution < -0.4 is 10.1 Å². The summed E-state index contributed by atoms with van der Waals surface area (Å²) in [4.78, 5) is 21.8. The predicted octanol–water partition coefficient (Wildman–Crippen LogP) is 5.52. The standard InChI is InChI=1S/C28H25F2N7O3S/c1-39-23-15-32-22(26(29)30)13-18(23)17-12-21(20-9-10-37(36-20)25-4-2-3-11-40-25)31-14-19(17)27(38)33-28-35-34-24(41-28)8-7-16-5-6-16/h9-10,12-16,25-26H,2-6,11H2,1H3,(H,33,35,38). The minimum absolute atomic E-state index is 0.120. The third-order valence-electron chi connectivity index (χ3n) is 6.70. The van der Waals surface area contributed by atoms with E-state index in [1.165, 1.54) is 25.6 Å². The van der Waals surface area contributed by atoms with Crippen molar-refractivity contribution in [2.24, 2.45) is 5.92 Å². The van der Waals surface area contributed by atoms with Crippen molar-refractivity contribution in [2.75, 3.05) is 19.0 Å². The maximum atomic E-state index is 13.6. The van der Waals surface area contributed by atoms with Gasteiger partial charge in [-0.25, -0.2) is 13.5 Å². The molecule has 1 aliphatic heterocycles. The number of anilines is 1. The molecule has 10 nitrogen and oxygen atoms in total. The molecule has 2 fully saturated rings. The summed E-state index contributed by atoms with van der Waals surface area (Å²) >= 11 is 1.15. The van der Waals surface area contributed by atoms with Gasteiger partial charge in [0.15, 0.2) is 5.01 Å². The summed E-state index contributed by atoms with van der Waals surface area (Å²) in [5, 5.41) is 16.2. The molecule has 1 unspecified atom stereocenters. The number of nitrogens with one attached hydrogen (secondary N) is 1. The Morgan fingerprint density at radius 3 is 2.78 bits per heavy atom. The minimum Gasteiger partial charge on any atom is -0.494 e. The van der Waals surface area contributed by atoms with Crippen molar-refractivity contribution in [2.45, 2.75) is 44.8 Å². The molecule has 1 atom stereocenters. The van der Waals surface area contributed by atoms with Gasteiger partial charge in [0.1, 0.15) is 23.4 Å². The number of halogens is 2. The van der Waals surface area contributed by atoms with Crippen molar-refractivity contribution in [3.8, 4) is 40.1 Å². The zero-order valence-electron chi connectivity index (χ0n) is 22.0. The van der Waals surface area contributed by atoms with E-state index in [2.05, 4.69) is 42.4 Å². The second kappa shape index (κ2) is 11.7. The molecule has 210 valence electrons. The molecule has 4 aromatic heterocycles. The fraction of sp³-hybridized carbons (Fsp3) is 0.357. The molecule has 0 bridgehead atoms. The molecule has 5 heterocycles. The van der Waals surface area contributed by atoms with Crippen molar-refractivity contribution >= 4 is 22.4 Å². The summed E-state index contributed by atoms with van der Waals surface area (Å²) in [7, 11) is 1.40. The van der Waals surface area contributed by atoms with Gasteiger partial charge in [0.05, 0.1) is 24.6 Å². The van der Waals surface area contributed by atoms with Gasteiger partial charge in [0.2, 0.25) is 5.13 Å². The lowest BCUT2D eigenvalue weighted by molar-refractivity contribution is -0.0393. The van der Waals surface area contributed by atoms with Crippen LogP contribution in [-0.4, -0.2) is 49.6 Å². The number of nitrogens with zero attached hydrogens (tertiary/aromatic N) is 6. The van der Waals surface area contributed by atoms with Gasteiger partial charge in [-0.2, -0.15) is 5.10 Å². The quantitative estimate of drug-likeness (QED) is 0.286. The van der Waals surface area contributed by atoms with Gasteiger partial charge in [-0.05, 0) is 56.2 Å². The van der Waals surface area contributed by atoms with Gasteiger partial charge in [-0.3, -0.25) is 20.1 Å². The Kier molecular flexibility index (Phi) is 7.67. The van der Waals surface area contributed by atoms with Gasteiger partial charge in [0, 0.05) is 36.0 Å². The Morgan fingerprint density at radius 2 is 2.02 bits per heavy atom. The SMILES string of the molecule is COc1cnc(C(F)F)cc1-c1cc(-c2ccn(C3CCCCO3)n2)ncc1C(=O)Nc1nnc(C#CC2CC2)s1. The normalized spacial score (nSPS) is 16.7. The first-order chi connectivity index (χ1) is 20.0. The fourth-order valence-electron chi connectivity index (χ4n) is 4.40. The van der Waals surface area contributed by atoms with Crippen molar-refractivity contribution in [3.63, 3.8) is 0 Å². The second-order valence-corrected chi connectivity index (χ2v) is 10.6. The zero-order chi connectivity index (χ0) is 28.3. The number of alkyl halides is 2. The third-order valence-corrected chi connectivity index (χ3v) is 7.45. The van der Waals surface area contributed by atoms with Crippen LogP contribution >= 0.6 is 11.3 Å². The smallest absolute Gasteiger partial charge is 0.280 e. The average molecular weight is 578 g/mol. The molecular formula is C28H25F2N7O3S. The number of carbonyl (C=O) groups excluding carboxylic acids is 1. The summed E-state index contributed by atoms with van der Waals surface area (Å²) < 4.78 is 40.3. The average Bonchev–Trinajstić information content (AvgIpc) is 3.50. The number of carbonyl (C=O) groups is 1. The van der Waals surface area contributed by atoms with Crippen molar-refractivity contribution < 1.29 is 23.0 Å². The molecule has 0 aromatic carbocycles. The van der Waals surface area contributed by atoms with E-state index in [-0.39, 0.29) is 28.2 Å². The summed E-state index contributed by atoms with van der Waals surface area (Å²) in [6, 6.07) is 4.64. The van der Waals surface area contributed by atoms with E-state index in [1.807, 2.05) is 6.20 Å². The number of amides is 1. The van der Waals surface area contributed by atoms with Crippen LogP contribution in [-0.2, 0) is 4.74 Å². The van der Waals surface area contributed by atoms with Gasteiger partial charge in [0.25, 0.3) is 12.3 Å². The minimum atomic E-state index is -2.82. The topological polar surface area (TPSA) is 117 Å². The van der Waals surface area contributed by atoms with Crippen molar-refractivity contribution in [3.05, 3.63) is 53.1 Å². The van der Waals surface area contributed by atoms with E-state index in [0.29, 0.717) is 34.5 Å². The predicted molar refractivity (Wildman–Crippen MR) is 147 cm³/mol. The molecule has 0 spiro atoms. The van der Waals surface area contributed by atoms with Crippen LogP contribution in [0.5, 0.6) is 5.75 Å². The lowest BCUT2D eigenvalue weighted by Crippen LogP contribution is -2.18. The van der Waals surface area contributed by atoms with Crippen molar-refractivity contribution in [1.82, 2.24) is 29.9 Å². The first-order valence-corrected chi connectivity index (χ1v) is 14.0. The Morgan fingerprint density at radius 1 is 1.15 bits per heavy atom. The Labute approximate surface area is 238 Å². The van der Waals surface area contributed by atoms with Gasteiger partial charge < -0.3 is 9.47 Å². The molecule has 1 saturated carbocycles. The summed E-state index contributed by atoms with van der Waals surface area (Å²) in [5.74, 6) is 6.17. The first kappa shape index (κ1) is 26.9. The number of hydrogen-bond acceptors (Lipinski definition) is 9. The van der Waals surface area contributed by atoms with Gasteiger partial charge in [-0.15, -0.1) is 10.2 Å². The lowest BCUT2D eigenvalue weighted by atomic mass is 9.98. The van der Waals surface area contributed by atoms with E-state index in [1.54, 1.807) is 16.8 Å². The van der Waals surface area contributed by atoms with E-state index in [9.17, 15) is 13.6 Å². The maximum Gasteiger partial charge on any atom is 0.280 e. The van der Waals surface area contributed by atoms with Crippen LogP contribution in [0.2, 0.25) is 0 Å². The number of rotatable bonds is 7. The van der Waals surface area contributed by atoms with Crippen LogP contribution in [0.4, 0.5) is 13.9 Å². The molecule has 6 rings (SSSR count). The molecule has 2 aliphatic rings. The highest BCUT2D eigenvalue weighted by Gasteiger charge is 2.23. The number of hydrogen-bond donors (Lipinski definition) is 1. The van der Waals surface area contributed by atoms with E-state index in [0.717, 1.165) is 43.4 Å². The molecule has 41 heavy (non-hydrogen) atoms. The summed E-state index contributed by atoms with van der Waals surface area (Å²) in [6.45, 7) is 0.670. The van der Waals surface area contributed by atoms with Crippen LogP contribution in [0, 0.1) is 17.8 Å². The van der Waals surface area contributed by atoms with Crippen LogP contribution in [0.1, 0.15) is 65.8 Å². The monoisotopic (exact) mass is 577 g/mol. The fourth-order valence-corrected chi connectivity index (χ4v) is 5.00. The zero-order valence-corrected chi connectivity index (χ0v) is 22.8. The maximum absolute atomic E-state index is 13.6. The first-order valence-electron chi connectivity index (χ1n) is 13.1. The highest BCUT2D eigenvalue weighted by atomic mass is 32.1. The molecule has 13 heteroatoms. The number of methoxy groups -OCH3 is 1. The largest absolute Gasteiger partial charge is 0.494 e. The molecule has 0 radical (unpaired) electrons. The van der Waals surface area contributed by atoms with Gasteiger partial charge >= 0.3 is 0 Å². The Balaban J connectivity index is 1.37. The number of pyridine rings is 2. The highest BCUT2D eigenvalue weighted by Crippen LogP contribution is 2.37. The van der Waals surface area contributed by atoms with Gasteiger partial charge in [-0.1, -0.05) is 17.3 Å². The third kappa shape index (κ3) is 6.08. The Bertz CT molecular complexity index is 1630. The highest BCUT2D eigenvalue weighted by molar-refractivity contribution is 7.15. The van der Waals surface area contributed by atoms with E-state index >= 15 is 0 Å². The molecule has 4 aromatic rings. The van der Waals surface area contributed by atoms with Crippen LogP contribution in [0.3, 0.4) is 0 Å². The molecule has 1 saturated heterocycles. The summed E-state index contributed by atoms with van der Waals surface area (Å²) in [5.41, 5.74) is 1.22. The molecule has 1 amide bonds. The van der Waals surface area contributed by atoms with E-state index in [4.69, 9.17) is 9.47 Å². The molecule has 1 N–H and O–H groups in total. The molecule has 1 aliphatic carbocycles. The number of ether oxygens (including phenoxy) is 2. The van der Waals surface area contributed by atoms with Crippen molar-refractivity contribution in [1.29, 1.82) is 0 Å². The second-order valence-electron chi connectivity index (χ2n) is 9.64. The Hall–Kier alpha value is -4.28. The van der Waals surface area contributed by atoms with Crippen LogP contribution in [0.25, 0.3) is 22.5 Å². The lowest BCUT2D eigenvalue weighted by Gasteiger charge is -2.22. The number of aromatic nitrogens is 6.